The fourth-order valence-electron chi connectivity index (χ4n) is 1.43. The number of carbonyl (C=O) groups is 1. The SMILES string of the molecule is Cc1csc(CC(=O)c2cc(I)ccc2Br)n1. The van der Waals surface area contributed by atoms with Crippen LogP contribution in [0.3, 0.4) is 0 Å². The smallest absolute Gasteiger partial charge is 0.170 e. The van der Waals surface area contributed by atoms with Crippen LogP contribution in [-0.4, -0.2) is 10.8 Å². The number of Topliss-reactive ketones (excluding diaryl/α,β-unsaturated/α-hetero) is 1. The van der Waals surface area contributed by atoms with Crippen molar-refractivity contribution in [2.45, 2.75) is 13.3 Å². The standard InChI is InChI=1S/C12H9BrINOS/c1-7-6-17-12(15-7)5-11(16)9-4-8(14)2-3-10(9)13/h2-4,6H,5H2,1H3. The van der Waals surface area contributed by atoms with Gasteiger partial charge in [0.05, 0.1) is 6.42 Å². The number of rotatable bonds is 3. The van der Waals surface area contributed by atoms with E-state index in [2.05, 4.69) is 43.5 Å². The molecule has 5 heteroatoms. The molecule has 0 saturated carbocycles. The molecule has 0 amide bonds. The zero-order chi connectivity index (χ0) is 12.4. The molecular formula is C12H9BrINOS. The van der Waals surface area contributed by atoms with Gasteiger partial charge in [-0.2, -0.15) is 0 Å². The fourth-order valence-corrected chi connectivity index (χ4v) is 3.16. The fraction of sp³-hybridized carbons (Fsp3) is 0.167. The Bertz CT molecular complexity index is 567. The molecule has 0 N–H and O–H groups in total. The van der Waals surface area contributed by atoms with E-state index in [-0.39, 0.29) is 5.78 Å². The summed E-state index contributed by atoms with van der Waals surface area (Å²) in [7, 11) is 0. The zero-order valence-corrected chi connectivity index (χ0v) is 13.6. The second-order valence-corrected chi connectivity index (χ2v) is 6.65. The molecule has 0 spiro atoms. The number of carbonyl (C=O) groups excluding carboxylic acids is 1. The molecule has 0 atom stereocenters. The largest absolute Gasteiger partial charge is 0.294 e. The van der Waals surface area contributed by atoms with Gasteiger partial charge in [0, 0.05) is 24.7 Å². The van der Waals surface area contributed by atoms with Crippen LogP contribution in [0.5, 0.6) is 0 Å². The summed E-state index contributed by atoms with van der Waals surface area (Å²) in [6, 6.07) is 5.77. The summed E-state index contributed by atoms with van der Waals surface area (Å²) in [4.78, 5) is 16.4. The van der Waals surface area contributed by atoms with Crippen molar-refractivity contribution < 1.29 is 4.79 Å². The van der Waals surface area contributed by atoms with Crippen molar-refractivity contribution in [1.29, 1.82) is 0 Å². The molecule has 2 rings (SSSR count). The van der Waals surface area contributed by atoms with E-state index in [1.54, 1.807) is 0 Å². The maximum Gasteiger partial charge on any atom is 0.170 e. The number of hydrogen-bond acceptors (Lipinski definition) is 3. The quantitative estimate of drug-likeness (QED) is 0.547. The van der Waals surface area contributed by atoms with Gasteiger partial charge in [-0.1, -0.05) is 15.9 Å². The molecule has 1 aromatic carbocycles. The average Bonchev–Trinajstić information content (AvgIpc) is 2.67. The molecule has 0 aliphatic rings. The van der Waals surface area contributed by atoms with E-state index in [9.17, 15) is 4.79 Å². The van der Waals surface area contributed by atoms with Crippen molar-refractivity contribution in [3.63, 3.8) is 0 Å². The molecule has 88 valence electrons. The third-order valence-electron chi connectivity index (χ3n) is 2.21. The first-order chi connectivity index (χ1) is 8.06. The van der Waals surface area contributed by atoms with Gasteiger partial charge in [0.25, 0.3) is 0 Å². The molecule has 2 aromatic rings. The number of hydrogen-bond donors (Lipinski definition) is 0. The minimum Gasteiger partial charge on any atom is -0.294 e. The van der Waals surface area contributed by atoms with Crippen molar-refractivity contribution in [3.8, 4) is 0 Å². The van der Waals surface area contributed by atoms with E-state index in [4.69, 9.17) is 0 Å². The van der Waals surface area contributed by atoms with Gasteiger partial charge in [-0.15, -0.1) is 11.3 Å². The van der Waals surface area contributed by atoms with E-state index in [1.807, 2.05) is 30.5 Å². The Labute approximate surface area is 126 Å². The summed E-state index contributed by atoms with van der Waals surface area (Å²) in [6.07, 6.45) is 0.372. The van der Waals surface area contributed by atoms with E-state index in [0.717, 1.165) is 24.3 Å². The average molecular weight is 422 g/mol. The lowest BCUT2D eigenvalue weighted by molar-refractivity contribution is 0.0992. The van der Waals surface area contributed by atoms with E-state index >= 15 is 0 Å². The van der Waals surface area contributed by atoms with Crippen LogP contribution >= 0.6 is 49.9 Å². The Morgan fingerprint density at radius 3 is 2.94 bits per heavy atom. The zero-order valence-electron chi connectivity index (χ0n) is 9.04. The molecule has 0 aliphatic heterocycles. The number of halogens is 2. The van der Waals surface area contributed by atoms with Gasteiger partial charge < -0.3 is 0 Å². The van der Waals surface area contributed by atoms with Crippen molar-refractivity contribution in [1.82, 2.24) is 4.98 Å². The summed E-state index contributed by atoms with van der Waals surface area (Å²) >= 11 is 7.15. The van der Waals surface area contributed by atoms with Crippen LogP contribution in [0.4, 0.5) is 0 Å². The van der Waals surface area contributed by atoms with Gasteiger partial charge in [-0.05, 0) is 47.7 Å². The molecule has 0 bridgehead atoms. The second-order valence-electron chi connectivity index (χ2n) is 3.61. The van der Waals surface area contributed by atoms with Crippen molar-refractivity contribution in [3.05, 3.63) is 47.9 Å². The lowest BCUT2D eigenvalue weighted by Gasteiger charge is -2.03. The van der Waals surface area contributed by atoms with Crippen molar-refractivity contribution >= 4 is 55.6 Å². The number of aryl methyl sites for hydroxylation is 1. The normalized spacial score (nSPS) is 10.5. The molecular weight excluding hydrogens is 413 g/mol. The summed E-state index contributed by atoms with van der Waals surface area (Å²) in [5.41, 5.74) is 1.70. The Morgan fingerprint density at radius 1 is 1.53 bits per heavy atom. The Hall–Kier alpha value is -0.270. The first-order valence-electron chi connectivity index (χ1n) is 4.95. The highest BCUT2D eigenvalue weighted by Gasteiger charge is 2.13. The molecule has 1 heterocycles. The lowest BCUT2D eigenvalue weighted by atomic mass is 10.1. The molecule has 0 radical (unpaired) electrons. The van der Waals surface area contributed by atoms with Gasteiger partial charge in [0.15, 0.2) is 5.78 Å². The first-order valence-corrected chi connectivity index (χ1v) is 7.70. The van der Waals surface area contributed by atoms with Crippen LogP contribution < -0.4 is 0 Å². The molecule has 17 heavy (non-hydrogen) atoms. The van der Waals surface area contributed by atoms with Crippen molar-refractivity contribution in [2.75, 3.05) is 0 Å². The summed E-state index contributed by atoms with van der Waals surface area (Å²) in [6.45, 7) is 1.94. The lowest BCUT2D eigenvalue weighted by Crippen LogP contribution is -2.04. The molecule has 0 fully saturated rings. The monoisotopic (exact) mass is 421 g/mol. The number of aromatic nitrogens is 1. The minimum atomic E-state index is 0.102. The van der Waals surface area contributed by atoms with Crippen LogP contribution in [0.25, 0.3) is 0 Å². The van der Waals surface area contributed by atoms with Crippen LogP contribution in [-0.2, 0) is 6.42 Å². The molecule has 1 aromatic heterocycles. The number of thiazole rings is 1. The summed E-state index contributed by atoms with van der Waals surface area (Å²) in [5.74, 6) is 0.102. The third kappa shape index (κ3) is 3.35. The molecule has 0 unspecified atom stereocenters. The van der Waals surface area contributed by atoms with Crippen LogP contribution in [0.1, 0.15) is 21.1 Å². The highest BCUT2D eigenvalue weighted by molar-refractivity contribution is 14.1. The first kappa shape index (κ1) is 13.2. The van der Waals surface area contributed by atoms with Crippen LogP contribution in [0, 0.1) is 10.5 Å². The molecule has 0 aliphatic carbocycles. The van der Waals surface area contributed by atoms with Gasteiger partial charge >= 0.3 is 0 Å². The van der Waals surface area contributed by atoms with E-state index in [1.165, 1.54) is 11.3 Å². The summed E-state index contributed by atoms with van der Waals surface area (Å²) < 4.78 is 1.90. The number of benzene rings is 1. The number of nitrogens with zero attached hydrogens (tertiary/aromatic N) is 1. The van der Waals surface area contributed by atoms with Gasteiger partial charge in [-0.3, -0.25) is 4.79 Å². The Balaban J connectivity index is 2.22. The third-order valence-corrected chi connectivity index (χ3v) is 4.54. The molecule has 0 saturated heterocycles. The highest BCUT2D eigenvalue weighted by Crippen LogP contribution is 2.22. The number of ketones is 1. The second kappa shape index (κ2) is 5.58. The van der Waals surface area contributed by atoms with Gasteiger partial charge in [-0.25, -0.2) is 4.98 Å². The van der Waals surface area contributed by atoms with Crippen LogP contribution in [0.2, 0.25) is 0 Å². The topological polar surface area (TPSA) is 30.0 Å². The van der Waals surface area contributed by atoms with E-state index < -0.39 is 0 Å². The highest BCUT2D eigenvalue weighted by atomic mass is 127. The Kier molecular flexibility index (Phi) is 4.32. The van der Waals surface area contributed by atoms with Crippen LogP contribution in [0.15, 0.2) is 28.1 Å². The van der Waals surface area contributed by atoms with Crippen molar-refractivity contribution in [2.24, 2.45) is 0 Å². The Morgan fingerprint density at radius 2 is 2.29 bits per heavy atom. The van der Waals surface area contributed by atoms with Gasteiger partial charge in [0.1, 0.15) is 5.01 Å². The predicted octanol–water partition coefficient (Wildman–Crippen LogP) is 4.24. The summed E-state index contributed by atoms with van der Waals surface area (Å²) in [5, 5.41) is 2.84. The minimum absolute atomic E-state index is 0.102. The van der Waals surface area contributed by atoms with Gasteiger partial charge in [0.2, 0.25) is 0 Å². The predicted molar refractivity (Wildman–Crippen MR) is 81.7 cm³/mol. The van der Waals surface area contributed by atoms with E-state index in [0.29, 0.717) is 6.42 Å². The molecule has 2 nitrogen and oxygen atoms in total. The maximum atomic E-state index is 12.1. The maximum absolute atomic E-state index is 12.1.